The second-order valence-corrected chi connectivity index (χ2v) is 10.3. The summed E-state index contributed by atoms with van der Waals surface area (Å²) in [6.45, 7) is 2.28. The summed E-state index contributed by atoms with van der Waals surface area (Å²) in [6.07, 6.45) is 27.1. The third kappa shape index (κ3) is 10.6. The normalized spacial score (nSPS) is 11.4. The molecule has 204 valence electrons. The fraction of sp³-hybridized carbons (Fsp3) is 0.485. The number of nitrogens with zero attached hydrogens (tertiary/aromatic N) is 3. The largest absolute Gasteiger partial charge is 0.269 e. The van der Waals surface area contributed by atoms with Gasteiger partial charge in [-0.25, -0.2) is 4.68 Å². The first-order chi connectivity index (χ1) is 18.7. The highest BCUT2D eigenvalue weighted by atomic mass is 16.6. The van der Waals surface area contributed by atoms with Gasteiger partial charge in [-0.15, -0.1) is 0 Å². The SMILES string of the molecule is CCCCCCCCCCCCCCCCC=Cc1ccc(-n2ccc(-c3ccc([N+](=O)[O-])cc3)n2)cc1. The van der Waals surface area contributed by atoms with E-state index in [1.165, 1.54) is 108 Å². The number of nitro groups is 1. The molecule has 0 radical (unpaired) electrons. The molecule has 0 unspecified atom stereocenters. The quantitative estimate of drug-likeness (QED) is 0.0906. The molecule has 0 fully saturated rings. The third-order valence-corrected chi connectivity index (χ3v) is 7.16. The lowest BCUT2D eigenvalue weighted by Gasteiger charge is -2.03. The lowest BCUT2D eigenvalue weighted by atomic mass is 10.0. The van der Waals surface area contributed by atoms with E-state index in [-0.39, 0.29) is 5.69 Å². The fourth-order valence-electron chi connectivity index (χ4n) is 4.79. The molecule has 0 aliphatic heterocycles. The standard InChI is InChI=1S/C33H45N3O2/c1-2-3-4-5-6-7-8-9-10-11-12-13-14-15-16-17-18-29-19-23-31(24-20-29)35-28-27-33(34-35)30-21-25-32(26-22-30)36(37)38/h17-28H,2-16H2,1H3. The van der Waals surface area contributed by atoms with Crippen molar-refractivity contribution in [3.8, 4) is 16.9 Å². The van der Waals surface area contributed by atoms with Crippen LogP contribution in [0.25, 0.3) is 23.0 Å². The van der Waals surface area contributed by atoms with Crippen molar-refractivity contribution in [1.82, 2.24) is 9.78 Å². The smallest absolute Gasteiger partial charge is 0.258 e. The number of rotatable bonds is 19. The Morgan fingerprint density at radius 2 is 1.29 bits per heavy atom. The molecule has 5 nitrogen and oxygen atoms in total. The van der Waals surface area contributed by atoms with Crippen LogP contribution in [-0.4, -0.2) is 14.7 Å². The topological polar surface area (TPSA) is 61.0 Å². The van der Waals surface area contributed by atoms with Crippen LogP contribution in [0.3, 0.4) is 0 Å². The summed E-state index contributed by atoms with van der Waals surface area (Å²) in [7, 11) is 0. The van der Waals surface area contributed by atoms with Gasteiger partial charge < -0.3 is 0 Å². The van der Waals surface area contributed by atoms with Gasteiger partial charge in [0.25, 0.3) is 5.69 Å². The van der Waals surface area contributed by atoms with Gasteiger partial charge in [-0.05, 0) is 48.7 Å². The minimum Gasteiger partial charge on any atom is -0.258 e. The molecule has 1 aromatic heterocycles. The van der Waals surface area contributed by atoms with Crippen molar-refractivity contribution in [3.05, 3.63) is 82.5 Å². The van der Waals surface area contributed by atoms with Crippen LogP contribution in [0.1, 0.15) is 109 Å². The Morgan fingerprint density at radius 3 is 1.84 bits per heavy atom. The summed E-state index contributed by atoms with van der Waals surface area (Å²) in [5.41, 5.74) is 3.92. The summed E-state index contributed by atoms with van der Waals surface area (Å²) >= 11 is 0. The molecule has 3 aromatic rings. The van der Waals surface area contributed by atoms with Crippen molar-refractivity contribution in [1.29, 1.82) is 0 Å². The molecule has 0 atom stereocenters. The number of allylic oxidation sites excluding steroid dienone is 1. The van der Waals surface area contributed by atoms with E-state index in [1.54, 1.807) is 12.1 Å². The van der Waals surface area contributed by atoms with E-state index in [9.17, 15) is 10.1 Å². The highest BCUT2D eigenvalue weighted by molar-refractivity contribution is 5.61. The van der Waals surface area contributed by atoms with Crippen molar-refractivity contribution >= 4 is 11.8 Å². The molecule has 0 saturated heterocycles. The molecule has 0 bridgehead atoms. The van der Waals surface area contributed by atoms with Crippen molar-refractivity contribution in [3.63, 3.8) is 0 Å². The van der Waals surface area contributed by atoms with Gasteiger partial charge in [0.15, 0.2) is 0 Å². The van der Waals surface area contributed by atoms with Gasteiger partial charge in [0, 0.05) is 23.9 Å². The van der Waals surface area contributed by atoms with Crippen LogP contribution in [0, 0.1) is 10.1 Å². The van der Waals surface area contributed by atoms with E-state index in [0.717, 1.165) is 23.4 Å². The van der Waals surface area contributed by atoms with E-state index >= 15 is 0 Å². The van der Waals surface area contributed by atoms with E-state index in [2.05, 4.69) is 48.4 Å². The van der Waals surface area contributed by atoms with E-state index in [4.69, 9.17) is 0 Å². The van der Waals surface area contributed by atoms with Crippen LogP contribution in [0.15, 0.2) is 66.9 Å². The molecule has 0 spiro atoms. The molecule has 5 heteroatoms. The molecule has 38 heavy (non-hydrogen) atoms. The number of non-ortho nitro benzene ring substituents is 1. The van der Waals surface area contributed by atoms with Gasteiger partial charge in [0.05, 0.1) is 16.3 Å². The molecular formula is C33H45N3O2. The van der Waals surface area contributed by atoms with Gasteiger partial charge in [0.2, 0.25) is 0 Å². The van der Waals surface area contributed by atoms with Crippen molar-refractivity contribution in [2.24, 2.45) is 0 Å². The second kappa shape index (κ2) is 17.3. The van der Waals surface area contributed by atoms with Crippen LogP contribution in [0.2, 0.25) is 0 Å². The zero-order chi connectivity index (χ0) is 26.8. The maximum absolute atomic E-state index is 10.9. The van der Waals surface area contributed by atoms with Crippen molar-refractivity contribution < 1.29 is 4.92 Å². The maximum Gasteiger partial charge on any atom is 0.269 e. The number of aromatic nitrogens is 2. The molecule has 0 aliphatic rings. The zero-order valence-corrected chi connectivity index (χ0v) is 23.2. The van der Waals surface area contributed by atoms with Crippen LogP contribution in [-0.2, 0) is 0 Å². The lowest BCUT2D eigenvalue weighted by molar-refractivity contribution is -0.384. The van der Waals surface area contributed by atoms with E-state index in [0.29, 0.717) is 0 Å². The maximum atomic E-state index is 10.9. The monoisotopic (exact) mass is 515 g/mol. The van der Waals surface area contributed by atoms with Gasteiger partial charge in [-0.3, -0.25) is 10.1 Å². The molecule has 1 heterocycles. The van der Waals surface area contributed by atoms with Crippen LogP contribution in [0.4, 0.5) is 5.69 Å². The summed E-state index contributed by atoms with van der Waals surface area (Å²) in [6, 6.07) is 16.8. The molecule has 0 N–H and O–H groups in total. The molecule has 3 rings (SSSR count). The number of hydrogen-bond acceptors (Lipinski definition) is 3. The average Bonchev–Trinajstić information content (AvgIpc) is 3.44. The Morgan fingerprint density at radius 1 is 0.737 bits per heavy atom. The summed E-state index contributed by atoms with van der Waals surface area (Å²) < 4.78 is 1.83. The first-order valence-electron chi connectivity index (χ1n) is 14.7. The Balaban J connectivity index is 1.26. The highest BCUT2D eigenvalue weighted by Gasteiger charge is 2.08. The highest BCUT2D eigenvalue weighted by Crippen LogP contribution is 2.22. The number of unbranched alkanes of at least 4 members (excludes halogenated alkanes) is 14. The Kier molecular flexibility index (Phi) is 13.4. The minimum absolute atomic E-state index is 0.0844. The Labute approximate surface area is 229 Å². The number of benzene rings is 2. The second-order valence-electron chi connectivity index (χ2n) is 10.3. The average molecular weight is 516 g/mol. The number of hydrogen-bond donors (Lipinski definition) is 0. The van der Waals surface area contributed by atoms with Gasteiger partial charge in [-0.2, -0.15) is 5.10 Å². The predicted octanol–water partition coefficient (Wildman–Crippen LogP) is 10.3. The zero-order valence-electron chi connectivity index (χ0n) is 23.2. The summed E-state index contributed by atoms with van der Waals surface area (Å²) in [5, 5.41) is 15.5. The van der Waals surface area contributed by atoms with E-state index in [1.807, 2.05) is 16.9 Å². The van der Waals surface area contributed by atoms with Gasteiger partial charge >= 0.3 is 0 Å². The summed E-state index contributed by atoms with van der Waals surface area (Å²) in [4.78, 5) is 10.5. The van der Waals surface area contributed by atoms with Gasteiger partial charge in [0.1, 0.15) is 0 Å². The third-order valence-electron chi connectivity index (χ3n) is 7.16. The van der Waals surface area contributed by atoms with Crippen molar-refractivity contribution in [2.75, 3.05) is 0 Å². The molecular weight excluding hydrogens is 470 g/mol. The Hall–Kier alpha value is -3.21. The molecule has 0 aliphatic carbocycles. The van der Waals surface area contributed by atoms with Crippen LogP contribution >= 0.6 is 0 Å². The molecule has 2 aromatic carbocycles. The molecule has 0 amide bonds. The van der Waals surface area contributed by atoms with E-state index < -0.39 is 4.92 Å². The predicted molar refractivity (Wildman–Crippen MR) is 160 cm³/mol. The van der Waals surface area contributed by atoms with Gasteiger partial charge in [-0.1, -0.05) is 115 Å². The van der Waals surface area contributed by atoms with Crippen molar-refractivity contribution in [2.45, 2.75) is 103 Å². The number of nitro benzene ring substituents is 1. The lowest BCUT2D eigenvalue weighted by Crippen LogP contribution is -1.95. The first-order valence-corrected chi connectivity index (χ1v) is 14.7. The first kappa shape index (κ1) is 29.3. The van der Waals surface area contributed by atoms with Crippen LogP contribution in [0.5, 0.6) is 0 Å². The molecule has 0 saturated carbocycles. The minimum atomic E-state index is -0.391. The Bertz CT molecular complexity index is 1080. The summed E-state index contributed by atoms with van der Waals surface area (Å²) in [5.74, 6) is 0. The fourth-order valence-corrected chi connectivity index (χ4v) is 4.79. The van der Waals surface area contributed by atoms with Crippen LogP contribution < -0.4 is 0 Å².